The predicted molar refractivity (Wildman–Crippen MR) is 212 cm³/mol. The van der Waals surface area contributed by atoms with Gasteiger partial charge in [0.05, 0.1) is 5.69 Å². The third-order valence-electron chi connectivity index (χ3n) is 11.2. The van der Waals surface area contributed by atoms with Crippen LogP contribution in [0.2, 0.25) is 0 Å². The average molecular weight is 656 g/mol. The number of ether oxygens (including phenoxy) is 1. The molecular weight excluding hydrogens is 619 g/mol. The molecule has 2 heteroatoms. The zero-order valence-electron chi connectivity index (χ0n) is 28.8. The number of fused-ring (bicyclic) bond motifs is 8. The largest absolute Gasteiger partial charge is 0.484 e. The molecule has 10 rings (SSSR count). The highest BCUT2D eigenvalue weighted by Crippen LogP contribution is 2.54. The van der Waals surface area contributed by atoms with E-state index in [0.29, 0.717) is 0 Å². The van der Waals surface area contributed by atoms with Crippen LogP contribution in [0.25, 0.3) is 38.6 Å². The van der Waals surface area contributed by atoms with Gasteiger partial charge in [-0.15, -0.1) is 0 Å². The van der Waals surface area contributed by atoms with Gasteiger partial charge in [0.2, 0.25) is 0 Å². The topological polar surface area (TPSA) is 12.5 Å². The van der Waals surface area contributed by atoms with E-state index < -0.39 is 0 Å². The molecule has 2 unspecified atom stereocenters. The van der Waals surface area contributed by atoms with Gasteiger partial charge in [0.1, 0.15) is 11.9 Å². The van der Waals surface area contributed by atoms with E-state index in [9.17, 15) is 0 Å². The Kier molecular flexibility index (Phi) is 6.69. The fourth-order valence-corrected chi connectivity index (χ4v) is 8.70. The van der Waals surface area contributed by atoms with Crippen LogP contribution >= 0.6 is 0 Å². The van der Waals surface area contributed by atoms with Crippen LogP contribution in [0, 0.1) is 0 Å². The molecule has 0 saturated heterocycles. The van der Waals surface area contributed by atoms with Gasteiger partial charge in [-0.25, -0.2) is 0 Å². The molecule has 1 heterocycles. The maximum atomic E-state index is 6.99. The van der Waals surface area contributed by atoms with Crippen molar-refractivity contribution in [3.05, 3.63) is 198 Å². The molecule has 0 N–H and O–H groups in total. The minimum Gasteiger partial charge on any atom is -0.484 e. The molecule has 0 radical (unpaired) electrons. The molecule has 0 fully saturated rings. The second kappa shape index (κ2) is 11.5. The van der Waals surface area contributed by atoms with Gasteiger partial charge >= 0.3 is 0 Å². The van der Waals surface area contributed by atoms with Crippen LogP contribution in [0.5, 0.6) is 5.75 Å². The Morgan fingerprint density at radius 3 is 1.96 bits per heavy atom. The Labute approximate surface area is 299 Å². The molecule has 2 nitrogen and oxygen atoms in total. The number of hydrogen-bond donors (Lipinski definition) is 0. The van der Waals surface area contributed by atoms with Crippen molar-refractivity contribution in [1.29, 1.82) is 0 Å². The van der Waals surface area contributed by atoms with Gasteiger partial charge in [-0.1, -0.05) is 159 Å². The molecule has 0 aromatic heterocycles. The van der Waals surface area contributed by atoms with E-state index >= 15 is 0 Å². The summed E-state index contributed by atoms with van der Waals surface area (Å²) in [5.74, 6) is 1.10. The van der Waals surface area contributed by atoms with Gasteiger partial charge in [-0.3, -0.25) is 0 Å². The summed E-state index contributed by atoms with van der Waals surface area (Å²) in [5, 5.41) is 2.30. The van der Waals surface area contributed by atoms with Gasteiger partial charge < -0.3 is 9.64 Å². The fraction of sp³-hybridized carbons (Fsp3) is 0.102. The van der Waals surface area contributed by atoms with Crippen molar-refractivity contribution < 1.29 is 4.74 Å². The Morgan fingerprint density at radius 1 is 0.549 bits per heavy atom. The lowest BCUT2D eigenvalue weighted by Gasteiger charge is -2.30. The minimum atomic E-state index is -0.112. The minimum absolute atomic E-state index is 0.0797. The molecular formula is C49H37NO. The first kappa shape index (κ1) is 29.8. The summed E-state index contributed by atoms with van der Waals surface area (Å²) in [6.45, 7) is 4.71. The molecule has 0 amide bonds. The quantitative estimate of drug-likeness (QED) is 0.183. The second-order valence-corrected chi connectivity index (χ2v) is 14.4. The SMILES string of the molecule is CC1(C)c2ccccc2-c2ccc(N(c3ccc(-c4ccccc4)cc3)c3cc4c(c5ccccc35)OC3C(c5ccccc5)=CC=CC43)cc21. The molecule has 7 aromatic rings. The number of nitrogens with zero attached hydrogens (tertiary/aromatic N) is 1. The number of allylic oxidation sites excluding steroid dienone is 2. The molecule has 0 bridgehead atoms. The van der Waals surface area contributed by atoms with Gasteiger partial charge in [-0.2, -0.15) is 0 Å². The average Bonchev–Trinajstić information content (AvgIpc) is 3.68. The first-order valence-corrected chi connectivity index (χ1v) is 17.9. The number of hydrogen-bond acceptors (Lipinski definition) is 2. The van der Waals surface area contributed by atoms with Gasteiger partial charge in [-0.05, 0) is 69.3 Å². The highest BCUT2D eigenvalue weighted by atomic mass is 16.5. The third-order valence-corrected chi connectivity index (χ3v) is 11.2. The van der Waals surface area contributed by atoms with Crippen LogP contribution in [0.4, 0.5) is 17.1 Å². The first-order chi connectivity index (χ1) is 25.1. The Hall–Kier alpha value is -6.12. The maximum Gasteiger partial charge on any atom is 0.135 e. The predicted octanol–water partition coefficient (Wildman–Crippen LogP) is 12.8. The Balaban J connectivity index is 1.17. The highest BCUT2D eigenvalue weighted by molar-refractivity contribution is 6.04. The van der Waals surface area contributed by atoms with Gasteiger partial charge in [0, 0.05) is 44.6 Å². The van der Waals surface area contributed by atoms with E-state index in [4.69, 9.17) is 4.74 Å². The second-order valence-electron chi connectivity index (χ2n) is 14.4. The zero-order valence-corrected chi connectivity index (χ0v) is 28.8. The summed E-state index contributed by atoms with van der Waals surface area (Å²) < 4.78 is 6.99. The summed E-state index contributed by atoms with van der Waals surface area (Å²) in [7, 11) is 0. The lowest BCUT2D eigenvalue weighted by atomic mass is 9.82. The van der Waals surface area contributed by atoms with Crippen LogP contribution in [-0.4, -0.2) is 6.10 Å². The standard InChI is InChI=1S/C49H37NO/c1-49(2)44-23-12-11-18-38(44)39-29-28-36(30-45(39)49)50(35-26-24-33(25-27-35)32-14-5-3-6-15-32)46-31-43-42-22-13-21-37(34-16-7-4-8-17-34)47(42)51-48(43)41-20-10-9-19-40(41)46/h3-31,42,47H,1-2H3. The van der Waals surface area contributed by atoms with E-state index in [1.807, 2.05) is 0 Å². The van der Waals surface area contributed by atoms with E-state index in [2.05, 4.69) is 195 Å². The molecule has 2 aliphatic carbocycles. The van der Waals surface area contributed by atoms with E-state index in [0.717, 1.165) is 28.2 Å². The number of benzene rings is 7. The smallest absolute Gasteiger partial charge is 0.135 e. The van der Waals surface area contributed by atoms with E-state index in [1.54, 1.807) is 0 Å². The lowest BCUT2D eigenvalue weighted by Crippen LogP contribution is -2.21. The van der Waals surface area contributed by atoms with Crippen molar-refractivity contribution >= 4 is 33.4 Å². The van der Waals surface area contributed by atoms with Crippen molar-refractivity contribution in [3.8, 4) is 28.0 Å². The molecule has 1 aliphatic heterocycles. The van der Waals surface area contributed by atoms with Crippen molar-refractivity contribution in [1.82, 2.24) is 0 Å². The normalized spacial score (nSPS) is 17.6. The number of rotatable bonds is 5. The zero-order chi connectivity index (χ0) is 34.1. The van der Waals surface area contributed by atoms with Crippen molar-refractivity contribution in [2.45, 2.75) is 31.3 Å². The van der Waals surface area contributed by atoms with Crippen LogP contribution in [0.15, 0.2) is 176 Å². The van der Waals surface area contributed by atoms with E-state index in [-0.39, 0.29) is 17.4 Å². The van der Waals surface area contributed by atoms with Crippen LogP contribution in [-0.2, 0) is 5.41 Å². The fourth-order valence-electron chi connectivity index (χ4n) is 8.70. The summed E-state index contributed by atoms with van der Waals surface area (Å²) in [5.41, 5.74) is 14.8. The van der Waals surface area contributed by atoms with Crippen molar-refractivity contribution in [3.63, 3.8) is 0 Å². The number of anilines is 3. The molecule has 0 spiro atoms. The molecule has 7 aromatic carbocycles. The van der Waals surface area contributed by atoms with Crippen LogP contribution in [0.1, 0.15) is 42.0 Å². The molecule has 3 aliphatic rings. The first-order valence-electron chi connectivity index (χ1n) is 17.9. The maximum absolute atomic E-state index is 6.99. The van der Waals surface area contributed by atoms with Crippen LogP contribution < -0.4 is 9.64 Å². The van der Waals surface area contributed by atoms with Crippen LogP contribution in [0.3, 0.4) is 0 Å². The summed E-state index contributed by atoms with van der Waals surface area (Å²) in [4.78, 5) is 2.46. The molecule has 244 valence electrons. The Morgan fingerprint density at radius 2 is 1.18 bits per heavy atom. The van der Waals surface area contributed by atoms with Gasteiger partial charge in [0.25, 0.3) is 0 Å². The molecule has 2 atom stereocenters. The summed E-state index contributed by atoms with van der Waals surface area (Å²) in [6, 6.07) is 57.4. The summed E-state index contributed by atoms with van der Waals surface area (Å²) >= 11 is 0. The molecule has 51 heavy (non-hydrogen) atoms. The monoisotopic (exact) mass is 655 g/mol. The highest BCUT2D eigenvalue weighted by Gasteiger charge is 2.40. The van der Waals surface area contributed by atoms with Crippen molar-refractivity contribution in [2.24, 2.45) is 0 Å². The van der Waals surface area contributed by atoms with E-state index in [1.165, 1.54) is 55.5 Å². The molecule has 0 saturated carbocycles. The summed E-state index contributed by atoms with van der Waals surface area (Å²) in [6.07, 6.45) is 6.66. The van der Waals surface area contributed by atoms with Crippen molar-refractivity contribution in [2.75, 3.05) is 4.90 Å². The Bertz CT molecular complexity index is 2530. The van der Waals surface area contributed by atoms with Gasteiger partial charge in [0.15, 0.2) is 0 Å². The lowest BCUT2D eigenvalue weighted by molar-refractivity contribution is 0.281. The third kappa shape index (κ3) is 4.63.